The molecule has 0 aromatic heterocycles. The molecule has 0 saturated carbocycles. The number of hydrogen-bond donors (Lipinski definition) is 1. The summed E-state index contributed by atoms with van der Waals surface area (Å²) in [5, 5.41) is 1.89. The minimum absolute atomic E-state index is 0.345. The second kappa shape index (κ2) is 10.5. The third-order valence-electron chi connectivity index (χ3n) is 4.16. The van der Waals surface area contributed by atoms with E-state index in [0.29, 0.717) is 23.7 Å². The third-order valence-corrected chi connectivity index (χ3v) is 4.97. The van der Waals surface area contributed by atoms with Crippen LogP contribution in [-0.4, -0.2) is 30.6 Å². The Bertz CT molecular complexity index is 890. The summed E-state index contributed by atoms with van der Waals surface area (Å²) in [6, 6.07) is 14.4. The van der Waals surface area contributed by atoms with E-state index < -0.39 is 0 Å². The molecule has 0 bridgehead atoms. The van der Waals surface area contributed by atoms with Crippen molar-refractivity contribution in [2.75, 3.05) is 13.2 Å². The Balaban J connectivity index is 1.31. The average Bonchev–Trinajstić information content (AvgIpc) is 3.05. The molecule has 0 spiro atoms. The number of benzene rings is 2. The summed E-state index contributed by atoms with van der Waals surface area (Å²) in [4.78, 5) is 33.7. The van der Waals surface area contributed by atoms with E-state index >= 15 is 0 Å². The average molecular weight is 411 g/mol. The van der Waals surface area contributed by atoms with Crippen LogP contribution in [0.2, 0.25) is 0 Å². The first kappa shape index (κ1) is 20.7. The number of unbranched alkanes of at least 4 members (excludes halogenated alkanes) is 2. The van der Waals surface area contributed by atoms with E-state index in [-0.39, 0.29) is 11.1 Å². The molecule has 0 atom stereocenters. The first-order chi connectivity index (χ1) is 14.1. The molecule has 7 heteroatoms. The van der Waals surface area contributed by atoms with Crippen molar-refractivity contribution in [1.29, 1.82) is 0 Å². The van der Waals surface area contributed by atoms with Gasteiger partial charge >= 0.3 is 0 Å². The molecule has 0 unspecified atom stereocenters. The minimum atomic E-state index is -0.359. The van der Waals surface area contributed by atoms with E-state index in [4.69, 9.17) is 9.47 Å². The number of hydrogen-bond acceptors (Lipinski definition) is 6. The van der Waals surface area contributed by atoms with Crippen molar-refractivity contribution in [1.82, 2.24) is 5.32 Å². The van der Waals surface area contributed by atoms with Gasteiger partial charge in [-0.15, -0.1) is 0 Å². The Morgan fingerprint density at radius 2 is 1.34 bits per heavy atom. The van der Waals surface area contributed by atoms with Crippen LogP contribution >= 0.6 is 11.8 Å². The number of thioether (sulfide) groups is 1. The Kier molecular flexibility index (Phi) is 7.47. The molecule has 3 rings (SSSR count). The number of carbonyl (C=O) groups is 3. The topological polar surface area (TPSA) is 81.7 Å². The highest BCUT2D eigenvalue weighted by Gasteiger charge is 2.24. The molecule has 0 radical (unpaired) electrons. The zero-order valence-corrected chi connectivity index (χ0v) is 16.6. The molecule has 2 amide bonds. The first-order valence-corrected chi connectivity index (χ1v) is 10.1. The van der Waals surface area contributed by atoms with Gasteiger partial charge in [-0.05, 0) is 79.1 Å². The summed E-state index contributed by atoms with van der Waals surface area (Å²) in [7, 11) is 0. The second-order valence-corrected chi connectivity index (χ2v) is 7.38. The SMILES string of the molecule is O=Cc1ccc(OCCCCCOc2ccc(C=C3SC(=O)NC3=O)cc2)cc1. The predicted octanol–water partition coefficient (Wildman–Crippen LogP) is 4.45. The summed E-state index contributed by atoms with van der Waals surface area (Å²) in [6.45, 7) is 1.24. The maximum absolute atomic E-state index is 11.5. The summed E-state index contributed by atoms with van der Waals surface area (Å²) < 4.78 is 11.4. The monoisotopic (exact) mass is 411 g/mol. The van der Waals surface area contributed by atoms with E-state index in [1.165, 1.54) is 0 Å². The lowest BCUT2D eigenvalue weighted by Gasteiger charge is -2.08. The molecule has 1 aliphatic rings. The number of rotatable bonds is 10. The highest BCUT2D eigenvalue weighted by molar-refractivity contribution is 8.18. The molecule has 150 valence electrons. The van der Waals surface area contributed by atoms with Crippen molar-refractivity contribution >= 4 is 35.3 Å². The van der Waals surface area contributed by atoms with Gasteiger partial charge in [-0.25, -0.2) is 0 Å². The molecular weight excluding hydrogens is 390 g/mol. The van der Waals surface area contributed by atoms with Crippen molar-refractivity contribution in [3.8, 4) is 11.5 Å². The minimum Gasteiger partial charge on any atom is -0.494 e. The fourth-order valence-corrected chi connectivity index (χ4v) is 3.32. The molecule has 1 fully saturated rings. The number of nitrogens with one attached hydrogen (secondary N) is 1. The summed E-state index contributed by atoms with van der Waals surface area (Å²) >= 11 is 0.902. The molecule has 1 N–H and O–H groups in total. The van der Waals surface area contributed by atoms with Gasteiger partial charge in [0.25, 0.3) is 11.1 Å². The van der Waals surface area contributed by atoms with Crippen LogP contribution in [0.25, 0.3) is 6.08 Å². The van der Waals surface area contributed by atoms with Crippen molar-refractivity contribution in [2.24, 2.45) is 0 Å². The predicted molar refractivity (Wildman–Crippen MR) is 112 cm³/mol. The van der Waals surface area contributed by atoms with Gasteiger partial charge in [-0.2, -0.15) is 0 Å². The largest absolute Gasteiger partial charge is 0.494 e. The number of imide groups is 1. The van der Waals surface area contributed by atoms with E-state index in [1.54, 1.807) is 30.3 Å². The van der Waals surface area contributed by atoms with Crippen LogP contribution in [0, 0.1) is 0 Å². The van der Waals surface area contributed by atoms with Gasteiger partial charge in [-0.1, -0.05) is 12.1 Å². The highest BCUT2D eigenvalue weighted by Crippen LogP contribution is 2.26. The second-order valence-electron chi connectivity index (χ2n) is 6.37. The zero-order valence-electron chi connectivity index (χ0n) is 15.8. The van der Waals surface area contributed by atoms with Crippen LogP contribution in [0.5, 0.6) is 11.5 Å². The van der Waals surface area contributed by atoms with Crippen LogP contribution in [0.1, 0.15) is 35.2 Å². The van der Waals surface area contributed by atoms with Gasteiger partial charge in [0.15, 0.2) is 0 Å². The fourth-order valence-electron chi connectivity index (χ4n) is 2.64. The Labute approximate surface area is 173 Å². The lowest BCUT2D eigenvalue weighted by Crippen LogP contribution is -2.17. The normalized spacial score (nSPS) is 14.7. The molecule has 29 heavy (non-hydrogen) atoms. The van der Waals surface area contributed by atoms with E-state index in [2.05, 4.69) is 5.32 Å². The standard InChI is InChI=1S/C22H21NO5S/c24-15-17-6-10-19(11-7-17)28-13-3-1-2-12-27-18-8-4-16(5-9-18)14-20-21(25)23-22(26)29-20/h4-11,14-15H,1-3,12-13H2,(H,23,25,26). The molecule has 1 aliphatic heterocycles. The number of aldehydes is 1. The summed E-state index contributed by atoms with van der Waals surface area (Å²) in [6.07, 6.45) is 5.31. The van der Waals surface area contributed by atoms with Crippen molar-refractivity contribution < 1.29 is 23.9 Å². The highest BCUT2D eigenvalue weighted by atomic mass is 32.2. The van der Waals surface area contributed by atoms with Gasteiger partial charge in [0, 0.05) is 5.56 Å². The summed E-state index contributed by atoms with van der Waals surface area (Å²) in [5.74, 6) is 1.17. The van der Waals surface area contributed by atoms with Crippen LogP contribution in [-0.2, 0) is 4.79 Å². The quantitative estimate of drug-likeness (QED) is 0.353. The number of amides is 2. The van der Waals surface area contributed by atoms with E-state index in [0.717, 1.165) is 54.4 Å². The van der Waals surface area contributed by atoms with E-state index in [9.17, 15) is 14.4 Å². The van der Waals surface area contributed by atoms with Gasteiger partial charge < -0.3 is 9.47 Å². The van der Waals surface area contributed by atoms with Crippen molar-refractivity contribution in [3.63, 3.8) is 0 Å². The smallest absolute Gasteiger partial charge is 0.290 e. The van der Waals surface area contributed by atoms with Gasteiger partial charge in [0.05, 0.1) is 18.1 Å². The van der Waals surface area contributed by atoms with Crippen molar-refractivity contribution in [2.45, 2.75) is 19.3 Å². The molecular formula is C22H21NO5S. The maximum Gasteiger partial charge on any atom is 0.290 e. The number of ether oxygens (including phenoxy) is 2. The lowest BCUT2D eigenvalue weighted by molar-refractivity contribution is -0.115. The first-order valence-electron chi connectivity index (χ1n) is 9.30. The molecule has 6 nitrogen and oxygen atoms in total. The van der Waals surface area contributed by atoms with Crippen LogP contribution in [0.4, 0.5) is 4.79 Å². The Morgan fingerprint density at radius 3 is 1.83 bits per heavy atom. The van der Waals surface area contributed by atoms with E-state index in [1.807, 2.05) is 24.3 Å². The van der Waals surface area contributed by atoms with Crippen molar-refractivity contribution in [3.05, 3.63) is 64.6 Å². The van der Waals surface area contributed by atoms with Crippen LogP contribution in [0.3, 0.4) is 0 Å². The van der Waals surface area contributed by atoms with Gasteiger partial charge in [0.2, 0.25) is 0 Å². The molecule has 1 saturated heterocycles. The Morgan fingerprint density at radius 1 is 0.793 bits per heavy atom. The molecule has 0 aliphatic carbocycles. The van der Waals surface area contributed by atoms with Crippen LogP contribution < -0.4 is 14.8 Å². The molecule has 2 aromatic carbocycles. The van der Waals surface area contributed by atoms with Gasteiger partial charge in [-0.3, -0.25) is 19.7 Å². The van der Waals surface area contributed by atoms with Gasteiger partial charge in [0.1, 0.15) is 17.8 Å². The molecule has 1 heterocycles. The summed E-state index contributed by atoms with van der Waals surface area (Å²) in [5.41, 5.74) is 1.47. The zero-order chi connectivity index (χ0) is 20.5. The fraction of sp³-hybridized carbons (Fsp3) is 0.227. The number of carbonyl (C=O) groups excluding carboxylic acids is 3. The third kappa shape index (κ3) is 6.50. The molecule has 2 aromatic rings. The lowest BCUT2D eigenvalue weighted by atomic mass is 10.2. The maximum atomic E-state index is 11.5. The van der Waals surface area contributed by atoms with Crippen LogP contribution in [0.15, 0.2) is 53.4 Å². The Hall–Kier alpha value is -3.06.